The molecule has 0 heterocycles. The van der Waals surface area contributed by atoms with Crippen LogP contribution in [0.5, 0.6) is 0 Å². The van der Waals surface area contributed by atoms with Crippen LogP contribution in [0.1, 0.15) is 97.3 Å². The third-order valence-corrected chi connectivity index (χ3v) is 3.91. The summed E-state index contributed by atoms with van der Waals surface area (Å²) >= 11 is 0. The zero-order valence-corrected chi connectivity index (χ0v) is 13.1. The minimum absolute atomic E-state index is 0.164. The summed E-state index contributed by atoms with van der Waals surface area (Å²) in [5, 5.41) is 8.76. The van der Waals surface area contributed by atoms with E-state index in [1.54, 1.807) is 6.92 Å². The molecule has 0 radical (unpaired) electrons. The van der Waals surface area contributed by atoms with E-state index in [0.717, 1.165) is 12.8 Å². The van der Waals surface area contributed by atoms with E-state index in [9.17, 15) is 4.79 Å². The molecule has 2 heteroatoms. The minimum Gasteiger partial charge on any atom is -0.481 e. The third-order valence-electron chi connectivity index (χ3n) is 3.91. The highest BCUT2D eigenvalue weighted by atomic mass is 16.4. The maximum Gasteiger partial charge on any atom is 0.306 e. The van der Waals surface area contributed by atoms with Crippen molar-refractivity contribution in [3.8, 4) is 0 Å². The molecule has 0 aromatic carbocycles. The van der Waals surface area contributed by atoms with Crippen LogP contribution in [0.15, 0.2) is 0 Å². The smallest absolute Gasteiger partial charge is 0.306 e. The Labute approximate surface area is 120 Å². The number of hydrogen-bond acceptors (Lipinski definition) is 1. The first-order valence-electron chi connectivity index (χ1n) is 8.41. The van der Waals surface area contributed by atoms with E-state index in [0.29, 0.717) is 0 Å². The molecule has 0 aromatic heterocycles. The van der Waals surface area contributed by atoms with Crippen molar-refractivity contribution in [1.29, 1.82) is 0 Å². The average Bonchev–Trinajstić information content (AvgIpc) is 2.39. The zero-order valence-electron chi connectivity index (χ0n) is 13.1. The molecule has 0 saturated heterocycles. The molecule has 19 heavy (non-hydrogen) atoms. The van der Waals surface area contributed by atoms with Gasteiger partial charge in [0, 0.05) is 0 Å². The summed E-state index contributed by atoms with van der Waals surface area (Å²) in [7, 11) is 0. The first kappa shape index (κ1) is 18.5. The second kappa shape index (κ2) is 13.9. The lowest BCUT2D eigenvalue weighted by Crippen LogP contribution is -2.08. The van der Waals surface area contributed by atoms with Crippen LogP contribution >= 0.6 is 0 Å². The topological polar surface area (TPSA) is 37.3 Å². The van der Waals surface area contributed by atoms with Crippen LogP contribution in [0.2, 0.25) is 0 Å². The standard InChI is InChI=1S/C17H34O2/c1-3-4-5-6-7-8-9-10-11-12-13-14-15-16(2)17(18)19/h16H,3-15H2,1-2H3,(H,18,19). The molecule has 0 bridgehead atoms. The fourth-order valence-electron chi connectivity index (χ4n) is 2.41. The molecule has 0 rings (SSSR count). The van der Waals surface area contributed by atoms with Crippen LogP contribution in [0.3, 0.4) is 0 Å². The van der Waals surface area contributed by atoms with Crippen LogP contribution < -0.4 is 0 Å². The van der Waals surface area contributed by atoms with Crippen molar-refractivity contribution < 1.29 is 9.90 Å². The van der Waals surface area contributed by atoms with Gasteiger partial charge < -0.3 is 5.11 Å². The molecule has 0 aromatic rings. The Hall–Kier alpha value is -0.530. The summed E-state index contributed by atoms with van der Waals surface area (Å²) in [6.07, 6.45) is 16.9. The van der Waals surface area contributed by atoms with Gasteiger partial charge in [-0.3, -0.25) is 4.79 Å². The molecule has 2 nitrogen and oxygen atoms in total. The number of hydrogen-bond donors (Lipinski definition) is 1. The second-order valence-corrected chi connectivity index (χ2v) is 5.92. The van der Waals surface area contributed by atoms with Gasteiger partial charge in [0.15, 0.2) is 0 Å². The molecule has 0 aliphatic rings. The van der Waals surface area contributed by atoms with E-state index < -0.39 is 5.97 Å². The van der Waals surface area contributed by atoms with Gasteiger partial charge in [0.25, 0.3) is 0 Å². The third kappa shape index (κ3) is 13.7. The van der Waals surface area contributed by atoms with Gasteiger partial charge in [-0.2, -0.15) is 0 Å². The first-order chi connectivity index (χ1) is 9.18. The van der Waals surface area contributed by atoms with Crippen molar-refractivity contribution in [2.75, 3.05) is 0 Å². The van der Waals surface area contributed by atoms with Crippen molar-refractivity contribution in [3.63, 3.8) is 0 Å². The van der Waals surface area contributed by atoms with Gasteiger partial charge in [-0.25, -0.2) is 0 Å². The van der Waals surface area contributed by atoms with E-state index in [-0.39, 0.29) is 5.92 Å². The van der Waals surface area contributed by atoms with E-state index >= 15 is 0 Å². The Morgan fingerprint density at radius 3 is 1.53 bits per heavy atom. The largest absolute Gasteiger partial charge is 0.481 e. The van der Waals surface area contributed by atoms with Crippen molar-refractivity contribution in [2.24, 2.45) is 5.92 Å². The number of carboxylic acids is 1. The van der Waals surface area contributed by atoms with Gasteiger partial charge in [0.2, 0.25) is 0 Å². The molecule has 0 aliphatic carbocycles. The zero-order chi connectivity index (χ0) is 14.3. The van der Waals surface area contributed by atoms with Gasteiger partial charge in [-0.1, -0.05) is 90.9 Å². The number of carboxylic acid groups (broad SMARTS) is 1. The van der Waals surface area contributed by atoms with Crippen LogP contribution in [-0.2, 0) is 4.79 Å². The highest BCUT2D eigenvalue weighted by molar-refractivity contribution is 5.69. The number of aliphatic carboxylic acids is 1. The number of unbranched alkanes of at least 4 members (excludes halogenated alkanes) is 11. The monoisotopic (exact) mass is 270 g/mol. The highest BCUT2D eigenvalue weighted by Gasteiger charge is 2.09. The average molecular weight is 270 g/mol. The van der Waals surface area contributed by atoms with Crippen LogP contribution in [0.25, 0.3) is 0 Å². The van der Waals surface area contributed by atoms with Gasteiger partial charge in [0.1, 0.15) is 0 Å². The van der Waals surface area contributed by atoms with E-state index in [2.05, 4.69) is 6.92 Å². The Kier molecular flexibility index (Phi) is 13.5. The normalized spacial score (nSPS) is 12.5. The minimum atomic E-state index is -0.650. The van der Waals surface area contributed by atoms with Gasteiger partial charge in [-0.05, 0) is 6.42 Å². The quantitative estimate of drug-likeness (QED) is 0.405. The van der Waals surface area contributed by atoms with E-state index in [1.165, 1.54) is 70.6 Å². The Bertz CT molecular complexity index is 201. The molecule has 0 fully saturated rings. The summed E-state index contributed by atoms with van der Waals surface area (Å²) in [5.74, 6) is -0.814. The highest BCUT2D eigenvalue weighted by Crippen LogP contribution is 2.14. The van der Waals surface area contributed by atoms with Crippen molar-refractivity contribution in [3.05, 3.63) is 0 Å². The first-order valence-corrected chi connectivity index (χ1v) is 8.41. The number of carbonyl (C=O) groups is 1. The molecular formula is C17H34O2. The lowest BCUT2D eigenvalue weighted by atomic mass is 10.0. The van der Waals surface area contributed by atoms with Crippen molar-refractivity contribution >= 4 is 5.97 Å². The SMILES string of the molecule is CCCCCCCCCCCCCCC(C)C(=O)O. The molecular weight excluding hydrogens is 236 g/mol. The maximum absolute atomic E-state index is 10.6. The molecule has 0 spiro atoms. The lowest BCUT2D eigenvalue weighted by molar-refractivity contribution is -0.141. The summed E-state index contributed by atoms with van der Waals surface area (Å²) in [6.45, 7) is 4.07. The van der Waals surface area contributed by atoms with Crippen molar-refractivity contribution in [2.45, 2.75) is 97.3 Å². The predicted octanol–water partition coefficient (Wildman–Crippen LogP) is 5.80. The fraction of sp³-hybridized carbons (Fsp3) is 0.941. The predicted molar refractivity (Wildman–Crippen MR) is 82.5 cm³/mol. The van der Waals surface area contributed by atoms with Crippen LogP contribution in [-0.4, -0.2) is 11.1 Å². The Morgan fingerprint density at radius 2 is 1.16 bits per heavy atom. The molecule has 0 aliphatic heterocycles. The summed E-state index contributed by atoms with van der Waals surface area (Å²) in [5.41, 5.74) is 0. The molecule has 1 unspecified atom stereocenters. The summed E-state index contributed by atoms with van der Waals surface area (Å²) < 4.78 is 0. The van der Waals surface area contributed by atoms with Gasteiger partial charge >= 0.3 is 5.97 Å². The molecule has 1 atom stereocenters. The molecule has 1 N–H and O–H groups in total. The maximum atomic E-state index is 10.6. The molecule has 114 valence electrons. The van der Waals surface area contributed by atoms with Crippen molar-refractivity contribution in [1.82, 2.24) is 0 Å². The van der Waals surface area contributed by atoms with E-state index in [4.69, 9.17) is 5.11 Å². The van der Waals surface area contributed by atoms with Gasteiger partial charge in [-0.15, -0.1) is 0 Å². The lowest BCUT2D eigenvalue weighted by Gasteiger charge is -2.05. The molecule has 0 saturated carbocycles. The second-order valence-electron chi connectivity index (χ2n) is 5.92. The summed E-state index contributed by atoms with van der Waals surface area (Å²) in [6, 6.07) is 0. The number of rotatable bonds is 14. The fourth-order valence-corrected chi connectivity index (χ4v) is 2.41. The van der Waals surface area contributed by atoms with Gasteiger partial charge in [0.05, 0.1) is 5.92 Å². The Morgan fingerprint density at radius 1 is 0.789 bits per heavy atom. The van der Waals surface area contributed by atoms with E-state index in [1.807, 2.05) is 0 Å². The van der Waals surface area contributed by atoms with Crippen LogP contribution in [0, 0.1) is 5.92 Å². The molecule has 0 amide bonds. The van der Waals surface area contributed by atoms with Crippen LogP contribution in [0.4, 0.5) is 0 Å². The Balaban J connectivity index is 3.05. The summed E-state index contributed by atoms with van der Waals surface area (Å²) in [4.78, 5) is 10.6.